The summed E-state index contributed by atoms with van der Waals surface area (Å²) in [6, 6.07) is 28.1. The Morgan fingerprint density at radius 1 is 0.778 bits per heavy atom. The molecule has 63 heavy (non-hydrogen) atoms. The molecule has 1 spiro atoms. The maximum atomic E-state index is 16.3. The first-order valence-corrected chi connectivity index (χ1v) is 21.8. The number of benzene rings is 4. The van der Waals surface area contributed by atoms with E-state index in [4.69, 9.17) is 18.9 Å². The lowest BCUT2D eigenvalue weighted by Crippen LogP contribution is -2.56. The number of aliphatic hydroxyl groups is 2. The summed E-state index contributed by atoms with van der Waals surface area (Å²) in [4.78, 5) is 66.9. The van der Waals surface area contributed by atoms with Gasteiger partial charge in [-0.1, -0.05) is 104 Å². The van der Waals surface area contributed by atoms with Gasteiger partial charge in [0.1, 0.15) is 36.5 Å². The van der Waals surface area contributed by atoms with Gasteiger partial charge in [0.15, 0.2) is 0 Å². The van der Waals surface area contributed by atoms with E-state index in [0.717, 1.165) is 48.1 Å². The lowest BCUT2D eigenvalue weighted by molar-refractivity contribution is -0.179. The SMILES string of the molecule is COCCOC(=O)N1C(=O)[C@@]2(c3cc(C#CCCO)ccc31)[C@H](C(=O)N1CCCCCCC1)[C@H]1C(=O)O[C@H](c3ccccc3)[C@H](c3ccccc3)N1[C@@H]2c1ccc(OCCO)cc1. The number of ether oxygens (including phenoxy) is 4. The molecule has 4 aliphatic heterocycles. The first-order chi connectivity index (χ1) is 30.8. The Morgan fingerprint density at radius 2 is 1.46 bits per heavy atom. The molecule has 4 aromatic carbocycles. The second-order valence-electron chi connectivity index (χ2n) is 16.3. The molecule has 2 N–H and O–H groups in total. The van der Waals surface area contributed by atoms with Crippen LogP contribution < -0.4 is 9.64 Å². The second-order valence-corrected chi connectivity index (χ2v) is 16.3. The van der Waals surface area contributed by atoms with Crippen molar-refractivity contribution >= 4 is 29.6 Å². The topological polar surface area (TPSA) is 155 Å². The largest absolute Gasteiger partial charge is 0.491 e. The highest BCUT2D eigenvalue weighted by atomic mass is 16.6. The van der Waals surface area contributed by atoms with Crippen molar-refractivity contribution < 1.29 is 48.3 Å². The predicted molar refractivity (Wildman–Crippen MR) is 232 cm³/mol. The molecule has 4 aromatic rings. The van der Waals surface area contributed by atoms with Gasteiger partial charge >= 0.3 is 12.1 Å². The highest BCUT2D eigenvalue weighted by Crippen LogP contribution is 2.66. The monoisotopic (exact) mass is 855 g/mol. The van der Waals surface area contributed by atoms with Gasteiger partial charge in [0, 0.05) is 32.2 Å². The number of aliphatic hydroxyl groups excluding tert-OH is 2. The van der Waals surface area contributed by atoms with Gasteiger partial charge in [-0.2, -0.15) is 0 Å². The normalized spacial score (nSPS) is 24.4. The summed E-state index contributed by atoms with van der Waals surface area (Å²) in [5, 5.41) is 19.2. The van der Waals surface area contributed by atoms with Crippen LogP contribution in [0.3, 0.4) is 0 Å². The van der Waals surface area contributed by atoms with Crippen LogP contribution in [0.2, 0.25) is 0 Å². The molecule has 0 saturated carbocycles. The molecule has 3 amide bonds. The molecular formula is C50H53N3O10. The Hall–Kier alpha value is -6.04. The molecule has 13 heteroatoms. The van der Waals surface area contributed by atoms with E-state index >= 15 is 14.4 Å². The van der Waals surface area contributed by atoms with E-state index < -0.39 is 53.5 Å². The minimum Gasteiger partial charge on any atom is -0.491 e. The number of hydrogen-bond donors (Lipinski definition) is 2. The van der Waals surface area contributed by atoms with E-state index in [9.17, 15) is 15.0 Å². The van der Waals surface area contributed by atoms with Crippen molar-refractivity contribution in [2.45, 2.75) is 68.2 Å². The number of carbonyl (C=O) groups excluding carboxylic acids is 4. The van der Waals surface area contributed by atoms with Crippen LogP contribution in [0, 0.1) is 17.8 Å². The van der Waals surface area contributed by atoms with Gasteiger partial charge in [0.2, 0.25) is 11.8 Å². The van der Waals surface area contributed by atoms with Gasteiger partial charge < -0.3 is 34.1 Å². The summed E-state index contributed by atoms with van der Waals surface area (Å²) >= 11 is 0. The van der Waals surface area contributed by atoms with E-state index in [0.29, 0.717) is 35.5 Å². The standard InChI is InChI=1S/C50H53N3O10/c1-60-31-32-62-49(59)52-40-25-20-34(15-11-14-28-54)33-39(40)50(48(52)58)41(46(56)51-26-12-3-2-4-13-27-51)43-47(57)63-44(36-18-9-6-10-19-36)42(35-16-7-5-8-17-35)53(43)45(50)37-21-23-38(24-22-37)61-30-29-55/h5-10,16-25,33,41-45,54-55H,2-4,12-14,26-32H2,1H3/t41-,42-,43-,44+,45+,50-/m0/s1. The summed E-state index contributed by atoms with van der Waals surface area (Å²) < 4.78 is 23.3. The lowest BCUT2D eigenvalue weighted by Gasteiger charge is -2.46. The third-order valence-electron chi connectivity index (χ3n) is 12.6. The Kier molecular flexibility index (Phi) is 13.5. The summed E-state index contributed by atoms with van der Waals surface area (Å²) in [5.74, 6) is 3.39. The molecule has 0 radical (unpaired) electrons. The smallest absolute Gasteiger partial charge is 0.421 e. The molecule has 328 valence electrons. The minimum absolute atomic E-state index is 0.0557. The summed E-state index contributed by atoms with van der Waals surface area (Å²) in [6.07, 6.45) is 2.77. The zero-order chi connectivity index (χ0) is 43.9. The fourth-order valence-corrected chi connectivity index (χ4v) is 10.0. The van der Waals surface area contributed by atoms with Crippen LogP contribution in [-0.4, -0.2) is 103 Å². The third kappa shape index (κ3) is 8.20. The van der Waals surface area contributed by atoms with E-state index in [1.54, 1.807) is 35.2 Å². The van der Waals surface area contributed by atoms with E-state index in [-0.39, 0.29) is 51.0 Å². The number of cyclic esters (lactones) is 1. The van der Waals surface area contributed by atoms with Crippen molar-refractivity contribution in [3.05, 3.63) is 131 Å². The first-order valence-electron chi connectivity index (χ1n) is 21.8. The van der Waals surface area contributed by atoms with Gasteiger partial charge in [0.25, 0.3) is 0 Å². The van der Waals surface area contributed by atoms with Gasteiger partial charge in [-0.25, -0.2) is 9.69 Å². The number of likely N-dealkylation sites (tertiary alicyclic amines) is 1. The van der Waals surface area contributed by atoms with E-state index in [1.807, 2.05) is 77.7 Å². The van der Waals surface area contributed by atoms with Crippen molar-refractivity contribution in [3.63, 3.8) is 0 Å². The number of imide groups is 1. The average Bonchev–Trinajstić information content (AvgIpc) is 3.75. The van der Waals surface area contributed by atoms with Crippen LogP contribution in [0.4, 0.5) is 10.5 Å². The number of amides is 3. The maximum absolute atomic E-state index is 16.3. The van der Waals surface area contributed by atoms with Gasteiger partial charge in [-0.05, 0) is 65.4 Å². The summed E-state index contributed by atoms with van der Waals surface area (Å²) in [5.41, 5.74) is 1.18. The Labute approximate surface area is 367 Å². The predicted octanol–water partition coefficient (Wildman–Crippen LogP) is 6.03. The van der Waals surface area contributed by atoms with Crippen molar-refractivity contribution in [1.29, 1.82) is 0 Å². The summed E-state index contributed by atoms with van der Waals surface area (Å²) in [6.45, 7) is 0.499. The van der Waals surface area contributed by atoms with Crippen LogP contribution in [0.1, 0.15) is 84.5 Å². The number of hydrogen-bond acceptors (Lipinski definition) is 11. The molecule has 0 aromatic heterocycles. The number of anilines is 1. The van der Waals surface area contributed by atoms with Gasteiger partial charge in [0.05, 0.1) is 43.5 Å². The molecule has 0 aliphatic carbocycles. The van der Waals surface area contributed by atoms with Crippen LogP contribution >= 0.6 is 0 Å². The van der Waals surface area contributed by atoms with E-state index in [2.05, 4.69) is 11.8 Å². The van der Waals surface area contributed by atoms with Crippen LogP contribution in [0.15, 0.2) is 103 Å². The Morgan fingerprint density at radius 3 is 2.13 bits per heavy atom. The molecule has 0 unspecified atom stereocenters. The fourth-order valence-electron chi connectivity index (χ4n) is 10.0. The first kappa shape index (κ1) is 43.6. The van der Waals surface area contributed by atoms with Crippen LogP contribution in [0.5, 0.6) is 5.75 Å². The number of morpholine rings is 1. The minimum atomic E-state index is -1.94. The summed E-state index contributed by atoms with van der Waals surface area (Å²) in [7, 11) is 1.48. The third-order valence-corrected chi connectivity index (χ3v) is 12.6. The van der Waals surface area contributed by atoms with Gasteiger partial charge in [-0.3, -0.25) is 19.3 Å². The molecule has 13 nitrogen and oxygen atoms in total. The fraction of sp³-hybridized carbons (Fsp3) is 0.400. The number of carbonyl (C=O) groups is 4. The highest BCUT2D eigenvalue weighted by molar-refractivity contribution is 6.23. The van der Waals surface area contributed by atoms with Crippen molar-refractivity contribution in [1.82, 2.24) is 9.80 Å². The van der Waals surface area contributed by atoms with Gasteiger partial charge in [-0.15, -0.1) is 0 Å². The Balaban J connectivity index is 1.45. The van der Waals surface area contributed by atoms with Crippen molar-refractivity contribution in [3.8, 4) is 17.6 Å². The number of fused-ring (bicyclic) bond motifs is 3. The molecule has 0 bridgehead atoms. The molecular weight excluding hydrogens is 803 g/mol. The number of nitrogens with zero attached hydrogens (tertiary/aromatic N) is 3. The van der Waals surface area contributed by atoms with Crippen molar-refractivity contribution in [2.24, 2.45) is 5.92 Å². The number of methoxy groups -OCH3 is 1. The Bertz CT molecular complexity index is 2320. The molecule has 3 saturated heterocycles. The number of rotatable bonds is 11. The number of esters is 1. The molecule has 4 aliphatic rings. The van der Waals surface area contributed by atoms with E-state index in [1.165, 1.54) is 7.11 Å². The zero-order valence-electron chi connectivity index (χ0n) is 35.4. The van der Waals surface area contributed by atoms with Crippen LogP contribution in [-0.2, 0) is 34.0 Å². The zero-order valence-corrected chi connectivity index (χ0v) is 35.4. The average molecular weight is 856 g/mol. The van der Waals surface area contributed by atoms with Crippen molar-refractivity contribution in [2.75, 3.05) is 58.1 Å². The second kappa shape index (κ2) is 19.6. The quantitative estimate of drug-likeness (QED) is 0.103. The maximum Gasteiger partial charge on any atom is 0.421 e. The van der Waals surface area contributed by atoms with Crippen LogP contribution in [0.25, 0.3) is 0 Å². The molecule has 6 atom stereocenters. The molecule has 8 rings (SSSR count). The lowest BCUT2D eigenvalue weighted by atomic mass is 9.64. The molecule has 3 fully saturated rings. The molecule has 4 heterocycles. The highest BCUT2D eigenvalue weighted by Gasteiger charge is 2.76.